The Hall–Kier alpha value is -4.11. The first-order valence-electron chi connectivity index (χ1n) is 20.5. The smallest absolute Gasteiger partial charge is 0.247 e. The minimum absolute atomic E-state index is 0.0182. The molecule has 18 nitrogen and oxygen atoms in total. The third kappa shape index (κ3) is 20.9. The molecule has 2 heterocycles. The van der Waals surface area contributed by atoms with Crippen LogP contribution in [0.3, 0.4) is 0 Å². The highest BCUT2D eigenvalue weighted by molar-refractivity contribution is 8.00. The van der Waals surface area contributed by atoms with Gasteiger partial charge in [-0.2, -0.15) is 0 Å². The zero-order valence-electron chi connectivity index (χ0n) is 35.6. The zero-order valence-corrected chi connectivity index (χ0v) is 37.2. The van der Waals surface area contributed by atoms with Gasteiger partial charge in [0, 0.05) is 45.2 Å². The van der Waals surface area contributed by atoms with Gasteiger partial charge in [0.05, 0.1) is 30.6 Å². The number of amides is 7. The van der Waals surface area contributed by atoms with Crippen molar-refractivity contribution in [1.82, 2.24) is 37.4 Å². The number of hydrogen-bond acceptors (Lipinski definition) is 13. The second-order valence-corrected chi connectivity index (χ2v) is 17.1. The van der Waals surface area contributed by atoms with Crippen molar-refractivity contribution in [3.05, 3.63) is 29.8 Å². The molecule has 5 unspecified atom stereocenters. The molecule has 0 radical (unpaired) electrons. The number of benzene rings is 1. The average molecular weight is 884 g/mol. The van der Waals surface area contributed by atoms with Gasteiger partial charge in [-0.1, -0.05) is 26.0 Å². The van der Waals surface area contributed by atoms with Crippen LogP contribution in [0.25, 0.3) is 0 Å². The summed E-state index contributed by atoms with van der Waals surface area (Å²) in [5.74, 6) is -4.55. The van der Waals surface area contributed by atoms with Crippen LogP contribution in [0.1, 0.15) is 72.8 Å². The lowest BCUT2D eigenvalue weighted by molar-refractivity contribution is -0.142. The summed E-state index contributed by atoms with van der Waals surface area (Å²) in [7, 11) is 0. The third-order valence-corrected chi connectivity index (χ3v) is 11.2. The summed E-state index contributed by atoms with van der Waals surface area (Å²) in [6, 6.07) is 4.92. The Morgan fingerprint density at radius 3 is 2.10 bits per heavy atom. The molecule has 0 fully saturated rings. The van der Waals surface area contributed by atoms with Crippen molar-refractivity contribution in [1.29, 1.82) is 0 Å². The number of rotatable bonds is 24. The van der Waals surface area contributed by atoms with Crippen LogP contribution in [0.15, 0.2) is 24.3 Å². The standard InChI is InChI=1S/C40H65N7O11S2/c1-7-56-26(5)59-23-35(49)43-21-33(45-36(50)24-60-27(6)57-8-2)40(54)42-17-10-16-41-34(48)22-44-39(53)32-20-28-12-14-29(15-13-28)58-18-9-11-30(38(52)47-55)31(19-25(3)4)37(51)46-32/h12-15,25-27,30-33,55H,7-11,16-24H2,1-6H3,(H,41,48)(H,42,54)(H,43,49)(H,44,53)(H,45,50)(H,46,51)(H,47,52)/t26?,27?,30?,31-,32?,33?/m1/s1. The molecule has 6 atom stereocenters. The summed E-state index contributed by atoms with van der Waals surface area (Å²) in [6.45, 7) is 12.2. The van der Waals surface area contributed by atoms with Crippen LogP contribution in [0, 0.1) is 17.8 Å². The van der Waals surface area contributed by atoms with Crippen LogP contribution in [-0.4, -0.2) is 127 Å². The maximum Gasteiger partial charge on any atom is 0.247 e. The highest BCUT2D eigenvalue weighted by Crippen LogP contribution is 2.27. The van der Waals surface area contributed by atoms with E-state index in [2.05, 4.69) is 31.9 Å². The second kappa shape index (κ2) is 29.2. The molecule has 0 spiro atoms. The highest BCUT2D eigenvalue weighted by atomic mass is 32.2. The van der Waals surface area contributed by atoms with Crippen molar-refractivity contribution >= 4 is 64.9 Å². The SMILES string of the molecule is CCOC(C)SCC(=O)NCC(NC(=O)CSC(C)OCC)C(=O)NCCCNC(=O)CNC(=O)C1Cc2ccc(cc2)OCCCC(C(=O)NO)[C@@H](CC(C)C)C(=O)N1. The van der Waals surface area contributed by atoms with Gasteiger partial charge in [0.1, 0.15) is 28.7 Å². The van der Waals surface area contributed by atoms with E-state index in [0.717, 1.165) is 5.56 Å². The molecule has 0 saturated heterocycles. The Morgan fingerprint density at radius 1 is 0.850 bits per heavy atom. The molecule has 7 amide bonds. The minimum atomic E-state index is -1.09. The van der Waals surface area contributed by atoms with E-state index in [9.17, 15) is 38.8 Å². The third-order valence-electron chi connectivity index (χ3n) is 9.17. The number of fused-ring (bicyclic) bond motifs is 11. The van der Waals surface area contributed by atoms with E-state index in [-0.39, 0.29) is 66.7 Å². The molecule has 2 aliphatic heterocycles. The predicted molar refractivity (Wildman–Crippen MR) is 229 cm³/mol. The van der Waals surface area contributed by atoms with Crippen molar-refractivity contribution < 1.29 is 53.0 Å². The van der Waals surface area contributed by atoms with Crippen molar-refractivity contribution in [2.45, 2.75) is 96.6 Å². The quantitative estimate of drug-likeness (QED) is 0.0316. The number of thioether (sulfide) groups is 2. The van der Waals surface area contributed by atoms with Crippen molar-refractivity contribution in [3.8, 4) is 5.75 Å². The lowest BCUT2D eigenvalue weighted by atomic mass is 9.81. The first-order valence-corrected chi connectivity index (χ1v) is 22.6. The van der Waals surface area contributed by atoms with Crippen LogP contribution in [-0.2, 0) is 49.5 Å². The molecule has 0 saturated carbocycles. The summed E-state index contributed by atoms with van der Waals surface area (Å²) >= 11 is 2.57. The van der Waals surface area contributed by atoms with Crippen LogP contribution in [0.5, 0.6) is 5.75 Å². The summed E-state index contributed by atoms with van der Waals surface area (Å²) < 4.78 is 16.7. The number of hydrogen-bond donors (Lipinski definition) is 8. The summed E-state index contributed by atoms with van der Waals surface area (Å²) in [4.78, 5) is 91.1. The Kier molecular flexibility index (Phi) is 25.3. The molecule has 60 heavy (non-hydrogen) atoms. The van der Waals surface area contributed by atoms with E-state index < -0.39 is 65.9 Å². The van der Waals surface area contributed by atoms with E-state index in [4.69, 9.17) is 14.2 Å². The van der Waals surface area contributed by atoms with E-state index >= 15 is 0 Å². The number of hydroxylamine groups is 1. The van der Waals surface area contributed by atoms with Gasteiger partial charge in [0.15, 0.2) is 0 Å². The van der Waals surface area contributed by atoms with Gasteiger partial charge in [0.25, 0.3) is 0 Å². The number of carbonyl (C=O) groups excluding carboxylic acids is 7. The molecule has 1 aromatic rings. The van der Waals surface area contributed by atoms with Crippen LogP contribution in [0.4, 0.5) is 0 Å². The van der Waals surface area contributed by atoms with E-state index in [0.29, 0.717) is 44.8 Å². The maximum atomic E-state index is 13.8. The lowest BCUT2D eigenvalue weighted by Gasteiger charge is -2.28. The lowest BCUT2D eigenvalue weighted by Crippen LogP contribution is -2.53. The van der Waals surface area contributed by atoms with E-state index in [1.807, 2.05) is 41.5 Å². The van der Waals surface area contributed by atoms with Gasteiger partial charge < -0.3 is 46.1 Å². The van der Waals surface area contributed by atoms with Gasteiger partial charge >= 0.3 is 0 Å². The first kappa shape index (κ1) is 52.0. The fourth-order valence-electron chi connectivity index (χ4n) is 6.17. The van der Waals surface area contributed by atoms with Gasteiger partial charge in [-0.05, 0) is 77.0 Å². The largest absolute Gasteiger partial charge is 0.494 e. The second-order valence-electron chi connectivity index (χ2n) is 14.5. The molecule has 8 N–H and O–H groups in total. The fraction of sp³-hybridized carbons (Fsp3) is 0.675. The molecule has 2 aliphatic rings. The summed E-state index contributed by atoms with van der Waals surface area (Å²) in [6.07, 6.45) is 1.42. The minimum Gasteiger partial charge on any atom is -0.494 e. The van der Waals surface area contributed by atoms with Crippen molar-refractivity contribution in [2.24, 2.45) is 17.8 Å². The Labute approximate surface area is 361 Å². The number of ether oxygens (including phenoxy) is 3. The highest BCUT2D eigenvalue weighted by Gasteiger charge is 2.36. The molecule has 2 bridgehead atoms. The Bertz CT molecular complexity index is 1520. The predicted octanol–water partition coefficient (Wildman–Crippen LogP) is 1.24. The molecule has 0 aliphatic carbocycles. The summed E-state index contributed by atoms with van der Waals surface area (Å²) in [5, 5.41) is 25.7. The van der Waals surface area contributed by atoms with E-state index in [1.54, 1.807) is 29.7 Å². The maximum absolute atomic E-state index is 13.8. The number of nitrogens with one attached hydrogen (secondary N) is 7. The van der Waals surface area contributed by atoms with Crippen molar-refractivity contribution in [2.75, 3.05) is 57.5 Å². The first-order chi connectivity index (χ1) is 28.7. The van der Waals surface area contributed by atoms with Gasteiger partial charge in [-0.15, -0.1) is 23.5 Å². The molecular formula is C40H65N7O11S2. The normalized spacial score (nSPS) is 18.4. The zero-order chi connectivity index (χ0) is 44.5. The molecule has 338 valence electrons. The fourth-order valence-corrected chi connectivity index (χ4v) is 7.59. The Morgan fingerprint density at radius 2 is 1.48 bits per heavy atom. The van der Waals surface area contributed by atoms with Crippen LogP contribution in [0.2, 0.25) is 0 Å². The monoisotopic (exact) mass is 883 g/mol. The topological polar surface area (TPSA) is 252 Å². The molecule has 1 aromatic carbocycles. The van der Waals surface area contributed by atoms with Gasteiger partial charge in [0.2, 0.25) is 41.4 Å². The Balaban J connectivity index is 1.98. The molecular weight excluding hydrogens is 819 g/mol. The number of carbonyl (C=O) groups is 7. The van der Waals surface area contributed by atoms with Gasteiger partial charge in [-0.3, -0.25) is 38.8 Å². The molecule has 0 aromatic heterocycles. The van der Waals surface area contributed by atoms with E-state index in [1.165, 1.54) is 23.5 Å². The molecule has 20 heteroatoms. The molecule has 3 rings (SSSR count). The summed E-state index contributed by atoms with van der Waals surface area (Å²) in [5.41, 5.74) is 2.00. The van der Waals surface area contributed by atoms with Crippen LogP contribution >= 0.6 is 23.5 Å². The van der Waals surface area contributed by atoms with Crippen LogP contribution < -0.4 is 42.1 Å². The van der Waals surface area contributed by atoms with Gasteiger partial charge in [-0.25, -0.2) is 5.48 Å². The van der Waals surface area contributed by atoms with Crippen molar-refractivity contribution in [3.63, 3.8) is 0 Å². The average Bonchev–Trinajstić information content (AvgIpc) is 3.21.